The van der Waals surface area contributed by atoms with E-state index in [1.54, 1.807) is 0 Å². The maximum absolute atomic E-state index is 8.97. The van der Waals surface area contributed by atoms with Crippen molar-refractivity contribution in [3.8, 4) is 0 Å². The monoisotopic (exact) mass is 1220 g/mol. The second-order valence-corrected chi connectivity index (χ2v) is 62.0. The van der Waals surface area contributed by atoms with Crippen LogP contribution in [0.3, 0.4) is 0 Å². The lowest BCUT2D eigenvalue weighted by molar-refractivity contribution is -0.0137. The summed E-state index contributed by atoms with van der Waals surface area (Å²) in [5.41, 5.74) is 6.14. The fraction of sp³-hybridized carbons (Fsp3) is 0.889. The van der Waals surface area contributed by atoms with Gasteiger partial charge in [-0.25, -0.2) is 0 Å². The van der Waals surface area contributed by atoms with E-state index in [1.165, 1.54) is 44.9 Å². The first-order valence-corrected chi connectivity index (χ1v) is 53.3. The Kier molecular flexibility index (Phi) is 19.3. The molecule has 0 spiro atoms. The largest absolute Gasteiger partial charge is 0.482 e. The van der Waals surface area contributed by atoms with Gasteiger partial charge >= 0.3 is 61.6 Å². The van der Waals surface area contributed by atoms with Gasteiger partial charge < -0.3 is 49.4 Å². The Hall–Kier alpha value is 0.909. The summed E-state index contributed by atoms with van der Waals surface area (Å²) < 4.78 is 105. The molecule has 7 aliphatic carbocycles. The summed E-state index contributed by atoms with van der Waals surface area (Å²) in [5.74, 6) is 0. The van der Waals surface area contributed by atoms with Gasteiger partial charge in [-0.15, -0.1) is 19.7 Å². The van der Waals surface area contributed by atoms with Crippen molar-refractivity contribution in [3.63, 3.8) is 0 Å². The molecular formula is C54H104O12Si10. The summed E-state index contributed by atoms with van der Waals surface area (Å²) >= 11 is 0. The topological polar surface area (TPSA) is 111 Å². The molecule has 0 aromatic rings. The third-order valence-electron chi connectivity index (χ3n) is 20.0. The van der Waals surface area contributed by atoms with Crippen LogP contribution in [0.4, 0.5) is 0 Å². The minimum Gasteiger partial charge on any atom is -0.412 e. The SMILES string of the molecule is C=C[Si](C)(C)O[Si]1(C2CCCCC2)O[Si]2(C3CCCCC3)O[Si](O[Si](C)(C)C=C)(C3CCCCC3)O[Si]3(C4CCCCC4)O[Si](O[Si](C)(C)C=C)(C4CCCCC4)O[Si](C4CCCCC4)(O1)O[Si](C1CCCCC1)(O2)O3. The zero-order chi connectivity index (χ0) is 53.4. The van der Waals surface area contributed by atoms with Crippen LogP contribution in [-0.4, -0.2) is 86.6 Å². The van der Waals surface area contributed by atoms with Crippen LogP contribution in [0.5, 0.6) is 0 Å². The molecule has 76 heavy (non-hydrogen) atoms. The standard InChI is InChI=1S/C54H104O12Si10/c1-10-67(4,5)55-70(48-34-20-13-21-35-48)58-73(51-40-26-16-27-41-51)60-71(56-68(6,7)11-2,49-36-22-14-23-37-49)62-75(53-44-30-18-31-45-53)63-72(57-69(8,9)12-3,50-38-24-15-25-39-50)61-74(59-70,52-42-28-17-29-43-52)65-76(64-73,66-75)54-46-32-19-33-47-54/h10-12,48-54H,1-3,13-47H2,4-9H3. The highest BCUT2D eigenvalue weighted by Crippen LogP contribution is 2.63. The predicted molar refractivity (Wildman–Crippen MR) is 324 cm³/mol. The van der Waals surface area contributed by atoms with Crippen molar-refractivity contribution in [1.29, 1.82) is 0 Å². The van der Waals surface area contributed by atoms with E-state index in [1.807, 2.05) is 0 Å². The van der Waals surface area contributed by atoms with Crippen molar-refractivity contribution >= 4 is 86.6 Å². The van der Waals surface area contributed by atoms with Crippen LogP contribution in [0.25, 0.3) is 0 Å². The van der Waals surface area contributed by atoms with E-state index in [0.717, 1.165) is 180 Å². The van der Waals surface area contributed by atoms with E-state index in [2.05, 4.69) is 76.1 Å². The molecule has 0 aromatic heterocycles. The normalized spacial score (nSPS) is 39.6. The average Bonchev–Trinajstić information content (AvgIpc) is 3.43. The van der Waals surface area contributed by atoms with E-state index in [9.17, 15) is 0 Å². The molecule has 22 heteroatoms. The van der Waals surface area contributed by atoms with Gasteiger partial charge in [-0.05, 0) is 129 Å². The van der Waals surface area contributed by atoms with E-state index < -0.39 is 86.6 Å². The molecule has 0 amide bonds. The van der Waals surface area contributed by atoms with E-state index >= 15 is 0 Å². The van der Waals surface area contributed by atoms with Crippen molar-refractivity contribution in [2.45, 2.75) is 303 Å². The molecule has 12 nitrogen and oxygen atoms in total. The summed E-state index contributed by atoms with van der Waals surface area (Å²) in [4.78, 5) is 0. The zero-order valence-electron chi connectivity index (χ0n) is 48.5. The van der Waals surface area contributed by atoms with Crippen LogP contribution in [-0.2, 0) is 49.4 Å². The average molecular weight is 1230 g/mol. The molecule has 0 aromatic carbocycles. The van der Waals surface area contributed by atoms with Crippen LogP contribution in [0.15, 0.2) is 36.8 Å². The van der Waals surface area contributed by atoms with E-state index in [0.29, 0.717) is 0 Å². The molecule has 10 rings (SSSR count). The Morgan fingerprint density at radius 2 is 0.421 bits per heavy atom. The summed E-state index contributed by atoms with van der Waals surface area (Å²) in [6.07, 6.45) is 36.6. The first kappa shape index (κ1) is 60.0. The molecule has 0 N–H and O–H groups in total. The lowest BCUT2D eigenvalue weighted by atomic mass is 10.0. The predicted octanol–water partition coefficient (Wildman–Crippen LogP) is 16.9. The van der Waals surface area contributed by atoms with Crippen molar-refractivity contribution in [3.05, 3.63) is 36.8 Å². The molecule has 0 radical (unpaired) electrons. The summed E-state index contributed by atoms with van der Waals surface area (Å²) in [5, 5.41) is 0. The van der Waals surface area contributed by atoms with Gasteiger partial charge in [-0.3, -0.25) is 0 Å². The third-order valence-corrected chi connectivity index (χ3v) is 64.2. The number of fused-ring (bicyclic) bond motifs is 3. The fourth-order valence-corrected chi connectivity index (χ4v) is 72.6. The zero-order valence-corrected chi connectivity index (χ0v) is 58.5. The Labute approximate surface area is 472 Å². The van der Waals surface area contributed by atoms with Gasteiger partial charge in [0, 0.05) is 38.8 Å². The first-order chi connectivity index (χ1) is 36.4. The molecular weight excluding hydrogens is 1120 g/mol. The van der Waals surface area contributed by atoms with Gasteiger partial charge in [0.25, 0.3) is 0 Å². The molecule has 432 valence electrons. The second-order valence-electron chi connectivity index (χ2n) is 27.2. The molecule has 0 unspecified atom stereocenters. The lowest BCUT2D eigenvalue weighted by Gasteiger charge is -2.64. The van der Waals surface area contributed by atoms with Gasteiger partial charge in [-0.1, -0.05) is 152 Å². The van der Waals surface area contributed by atoms with Crippen molar-refractivity contribution in [2.24, 2.45) is 0 Å². The summed E-state index contributed by atoms with van der Waals surface area (Å²) in [7, 11) is -37.6. The Morgan fingerprint density at radius 3 is 0.592 bits per heavy atom. The highest BCUT2D eigenvalue weighted by molar-refractivity contribution is 7.02. The Morgan fingerprint density at radius 1 is 0.263 bits per heavy atom. The minimum absolute atomic E-state index is 0.0113. The molecule has 3 aliphatic heterocycles. The van der Waals surface area contributed by atoms with Crippen LogP contribution in [0.1, 0.15) is 225 Å². The highest BCUT2D eigenvalue weighted by Gasteiger charge is 2.84. The van der Waals surface area contributed by atoms with Crippen molar-refractivity contribution in [2.75, 3.05) is 0 Å². The van der Waals surface area contributed by atoms with Gasteiger partial charge in [-0.2, -0.15) is 0 Å². The number of rotatable bonds is 16. The fourth-order valence-electron chi connectivity index (χ4n) is 15.4. The Balaban J connectivity index is 1.37. The molecule has 10 fully saturated rings. The first-order valence-electron chi connectivity index (χ1n) is 31.7. The smallest absolute Gasteiger partial charge is 0.412 e. The van der Waals surface area contributed by atoms with Crippen LogP contribution >= 0.6 is 0 Å². The summed E-state index contributed by atoms with van der Waals surface area (Å²) in [6, 6.07) is 0. The summed E-state index contributed by atoms with van der Waals surface area (Å²) in [6.45, 7) is 27.3. The van der Waals surface area contributed by atoms with Crippen LogP contribution in [0, 0.1) is 0 Å². The quantitative estimate of drug-likeness (QED) is 0.137. The molecule has 4 bridgehead atoms. The molecule has 3 saturated heterocycles. The molecule has 0 atom stereocenters. The third kappa shape index (κ3) is 12.6. The lowest BCUT2D eigenvalue weighted by Crippen LogP contribution is -2.86. The number of hydrogen-bond acceptors (Lipinski definition) is 12. The van der Waals surface area contributed by atoms with Gasteiger partial charge in [0.05, 0.1) is 0 Å². The highest BCUT2D eigenvalue weighted by atomic mass is 28.6. The molecule has 7 saturated carbocycles. The molecule has 10 aliphatic rings. The van der Waals surface area contributed by atoms with Gasteiger partial charge in [0.1, 0.15) is 0 Å². The van der Waals surface area contributed by atoms with E-state index in [-0.39, 0.29) is 38.8 Å². The van der Waals surface area contributed by atoms with Crippen LogP contribution < -0.4 is 0 Å². The van der Waals surface area contributed by atoms with Crippen LogP contribution in [0.2, 0.25) is 78.1 Å². The van der Waals surface area contributed by atoms with Gasteiger partial charge in [0.2, 0.25) is 25.0 Å². The van der Waals surface area contributed by atoms with Crippen molar-refractivity contribution < 1.29 is 49.4 Å². The maximum Gasteiger partial charge on any atom is 0.482 e. The minimum atomic E-state index is -4.22. The Bertz CT molecular complexity index is 1740. The number of hydrogen-bond donors (Lipinski definition) is 0. The maximum atomic E-state index is 8.97. The van der Waals surface area contributed by atoms with Gasteiger partial charge in [0.15, 0.2) is 0 Å². The van der Waals surface area contributed by atoms with E-state index in [4.69, 9.17) is 49.4 Å². The molecule has 3 heterocycles. The second kappa shape index (κ2) is 24.5. The van der Waals surface area contributed by atoms with Crippen molar-refractivity contribution in [1.82, 2.24) is 0 Å².